The highest BCUT2D eigenvalue weighted by Crippen LogP contribution is 2.20. The molecular formula is C10H9N3O2. The van der Waals surface area contributed by atoms with Gasteiger partial charge < -0.3 is 5.11 Å². The number of aromatic nitrogens is 3. The number of carbonyl (C=O) groups is 1. The van der Waals surface area contributed by atoms with Crippen molar-refractivity contribution >= 4 is 5.97 Å². The molecule has 0 bridgehead atoms. The Hall–Kier alpha value is -2.17. The minimum absolute atomic E-state index is 0.212. The van der Waals surface area contributed by atoms with Crippen LogP contribution in [0.1, 0.15) is 10.4 Å². The largest absolute Gasteiger partial charge is 0.478 e. The number of hydrogen-bond donors (Lipinski definition) is 1. The predicted octanol–water partition coefficient (Wildman–Crippen LogP) is 1.18. The fraction of sp³-hybridized carbons (Fsp3) is 0.100. The van der Waals surface area contributed by atoms with Gasteiger partial charge in [-0.3, -0.25) is 9.67 Å². The summed E-state index contributed by atoms with van der Waals surface area (Å²) in [4.78, 5) is 14.8. The third kappa shape index (κ3) is 1.71. The second kappa shape index (κ2) is 3.53. The first-order valence-corrected chi connectivity index (χ1v) is 4.36. The number of carboxylic acids is 1. The number of aromatic carboxylic acids is 1. The highest BCUT2D eigenvalue weighted by Gasteiger charge is 2.12. The maximum absolute atomic E-state index is 10.9. The van der Waals surface area contributed by atoms with Crippen LogP contribution in [0.2, 0.25) is 0 Å². The predicted molar refractivity (Wildman–Crippen MR) is 53.4 cm³/mol. The molecule has 0 fully saturated rings. The molecule has 0 aromatic carbocycles. The van der Waals surface area contributed by atoms with E-state index in [0.717, 1.165) is 0 Å². The molecular weight excluding hydrogens is 194 g/mol. The van der Waals surface area contributed by atoms with Crippen LogP contribution in [0.15, 0.2) is 30.7 Å². The average Bonchev–Trinajstić information content (AvgIpc) is 2.65. The Kier molecular flexibility index (Phi) is 2.21. The number of hydrogen-bond acceptors (Lipinski definition) is 3. The quantitative estimate of drug-likeness (QED) is 0.795. The SMILES string of the molecule is Cn1ccc(-c2cnccc2C(=O)O)n1. The van der Waals surface area contributed by atoms with Gasteiger partial charge in [-0.2, -0.15) is 5.10 Å². The van der Waals surface area contributed by atoms with E-state index in [1.54, 1.807) is 24.0 Å². The van der Waals surface area contributed by atoms with Gasteiger partial charge in [0, 0.05) is 31.2 Å². The van der Waals surface area contributed by atoms with Crippen molar-refractivity contribution < 1.29 is 9.90 Å². The maximum atomic E-state index is 10.9. The summed E-state index contributed by atoms with van der Waals surface area (Å²) >= 11 is 0. The summed E-state index contributed by atoms with van der Waals surface area (Å²) in [6.07, 6.45) is 4.72. The van der Waals surface area contributed by atoms with Crippen LogP contribution in [-0.2, 0) is 7.05 Å². The van der Waals surface area contributed by atoms with Crippen LogP contribution < -0.4 is 0 Å². The van der Waals surface area contributed by atoms with E-state index in [1.165, 1.54) is 18.5 Å². The Morgan fingerprint density at radius 2 is 2.27 bits per heavy atom. The molecule has 0 radical (unpaired) electrons. The van der Waals surface area contributed by atoms with E-state index in [9.17, 15) is 4.79 Å². The van der Waals surface area contributed by atoms with E-state index in [4.69, 9.17) is 5.11 Å². The maximum Gasteiger partial charge on any atom is 0.336 e. The van der Waals surface area contributed by atoms with E-state index in [-0.39, 0.29) is 5.56 Å². The molecule has 0 spiro atoms. The minimum atomic E-state index is -0.974. The Labute approximate surface area is 86.0 Å². The first kappa shape index (κ1) is 9.39. The molecule has 2 aromatic heterocycles. The van der Waals surface area contributed by atoms with Crippen molar-refractivity contribution in [2.24, 2.45) is 7.05 Å². The van der Waals surface area contributed by atoms with Crippen LogP contribution in [0.5, 0.6) is 0 Å². The van der Waals surface area contributed by atoms with Crippen molar-refractivity contribution in [2.75, 3.05) is 0 Å². The van der Waals surface area contributed by atoms with E-state index < -0.39 is 5.97 Å². The highest BCUT2D eigenvalue weighted by molar-refractivity contribution is 5.95. The molecule has 0 saturated carbocycles. The Balaban J connectivity index is 2.57. The zero-order valence-corrected chi connectivity index (χ0v) is 8.08. The van der Waals surface area contributed by atoms with Crippen molar-refractivity contribution in [3.05, 3.63) is 36.3 Å². The zero-order chi connectivity index (χ0) is 10.8. The van der Waals surface area contributed by atoms with Crippen molar-refractivity contribution in [1.29, 1.82) is 0 Å². The first-order chi connectivity index (χ1) is 7.18. The van der Waals surface area contributed by atoms with Crippen molar-refractivity contribution in [1.82, 2.24) is 14.8 Å². The molecule has 0 unspecified atom stereocenters. The Bertz CT molecular complexity index is 505. The van der Waals surface area contributed by atoms with Gasteiger partial charge in [-0.15, -0.1) is 0 Å². The number of pyridine rings is 1. The van der Waals surface area contributed by atoms with Gasteiger partial charge in [-0.25, -0.2) is 4.79 Å². The van der Waals surface area contributed by atoms with Crippen molar-refractivity contribution in [3.8, 4) is 11.3 Å². The third-order valence-electron chi connectivity index (χ3n) is 2.04. The molecule has 0 aliphatic rings. The van der Waals surface area contributed by atoms with Crippen LogP contribution in [0.4, 0.5) is 0 Å². The smallest absolute Gasteiger partial charge is 0.336 e. The zero-order valence-electron chi connectivity index (χ0n) is 8.08. The molecule has 76 valence electrons. The Morgan fingerprint density at radius 3 is 2.87 bits per heavy atom. The van der Waals surface area contributed by atoms with Crippen LogP contribution in [0, 0.1) is 0 Å². The fourth-order valence-corrected chi connectivity index (χ4v) is 1.34. The average molecular weight is 203 g/mol. The summed E-state index contributed by atoms with van der Waals surface area (Å²) < 4.78 is 1.62. The van der Waals surface area contributed by atoms with Crippen molar-refractivity contribution in [2.45, 2.75) is 0 Å². The summed E-state index contributed by atoms with van der Waals surface area (Å²) in [7, 11) is 1.78. The van der Waals surface area contributed by atoms with Crippen LogP contribution in [-0.4, -0.2) is 25.8 Å². The standard InChI is InChI=1S/C10H9N3O2/c1-13-5-3-9(12-13)8-6-11-4-2-7(8)10(14)15/h2-6H,1H3,(H,14,15). The van der Waals surface area contributed by atoms with Gasteiger partial charge in [0.25, 0.3) is 0 Å². The molecule has 2 heterocycles. The molecule has 0 saturated heterocycles. The second-order valence-corrected chi connectivity index (χ2v) is 3.10. The lowest BCUT2D eigenvalue weighted by atomic mass is 10.1. The molecule has 0 aliphatic carbocycles. The minimum Gasteiger partial charge on any atom is -0.478 e. The molecule has 0 amide bonds. The van der Waals surface area contributed by atoms with Crippen molar-refractivity contribution in [3.63, 3.8) is 0 Å². The van der Waals surface area contributed by atoms with E-state index in [0.29, 0.717) is 11.3 Å². The van der Waals surface area contributed by atoms with E-state index in [1.807, 2.05) is 0 Å². The van der Waals surface area contributed by atoms with Gasteiger partial charge in [0.05, 0.1) is 11.3 Å². The van der Waals surface area contributed by atoms with Gasteiger partial charge in [-0.05, 0) is 12.1 Å². The summed E-state index contributed by atoms with van der Waals surface area (Å²) in [5.74, 6) is -0.974. The fourth-order valence-electron chi connectivity index (χ4n) is 1.34. The molecule has 0 atom stereocenters. The Morgan fingerprint density at radius 1 is 1.47 bits per heavy atom. The van der Waals surface area contributed by atoms with Crippen LogP contribution >= 0.6 is 0 Å². The highest BCUT2D eigenvalue weighted by atomic mass is 16.4. The number of rotatable bonds is 2. The van der Waals surface area contributed by atoms with Gasteiger partial charge in [-0.1, -0.05) is 0 Å². The lowest BCUT2D eigenvalue weighted by Gasteiger charge is -2.00. The monoisotopic (exact) mass is 203 g/mol. The summed E-state index contributed by atoms with van der Waals surface area (Å²) in [6.45, 7) is 0. The molecule has 15 heavy (non-hydrogen) atoms. The van der Waals surface area contributed by atoms with E-state index in [2.05, 4.69) is 10.1 Å². The normalized spacial score (nSPS) is 10.2. The molecule has 5 nitrogen and oxygen atoms in total. The van der Waals surface area contributed by atoms with Crippen LogP contribution in [0.25, 0.3) is 11.3 Å². The topological polar surface area (TPSA) is 68.0 Å². The van der Waals surface area contributed by atoms with Gasteiger partial charge in [0.1, 0.15) is 0 Å². The molecule has 5 heteroatoms. The first-order valence-electron chi connectivity index (χ1n) is 4.36. The second-order valence-electron chi connectivity index (χ2n) is 3.10. The van der Waals surface area contributed by atoms with E-state index >= 15 is 0 Å². The summed E-state index contributed by atoms with van der Waals surface area (Å²) in [5, 5.41) is 13.1. The third-order valence-corrected chi connectivity index (χ3v) is 2.04. The van der Waals surface area contributed by atoms with Gasteiger partial charge in [0.2, 0.25) is 0 Å². The lowest BCUT2D eigenvalue weighted by Crippen LogP contribution is -2.00. The molecule has 1 N–H and O–H groups in total. The summed E-state index contributed by atoms with van der Waals surface area (Å²) in [5.41, 5.74) is 1.36. The number of aryl methyl sites for hydroxylation is 1. The van der Waals surface area contributed by atoms with Gasteiger partial charge >= 0.3 is 5.97 Å². The molecule has 2 aromatic rings. The summed E-state index contributed by atoms with van der Waals surface area (Å²) in [6, 6.07) is 3.22. The molecule has 2 rings (SSSR count). The van der Waals surface area contributed by atoms with Gasteiger partial charge in [0.15, 0.2) is 0 Å². The number of nitrogens with zero attached hydrogens (tertiary/aromatic N) is 3. The lowest BCUT2D eigenvalue weighted by molar-refractivity contribution is 0.0697. The van der Waals surface area contributed by atoms with Crippen LogP contribution in [0.3, 0.4) is 0 Å². The number of carboxylic acid groups (broad SMARTS) is 1. The molecule has 0 aliphatic heterocycles.